The smallest absolute Gasteiger partial charge is 0.224 e. The van der Waals surface area contributed by atoms with E-state index in [1.807, 2.05) is 12.1 Å². The number of rotatable bonds is 4. The summed E-state index contributed by atoms with van der Waals surface area (Å²) in [5.41, 5.74) is 3.65. The van der Waals surface area contributed by atoms with Crippen LogP contribution in [0.15, 0.2) is 41.0 Å². The van der Waals surface area contributed by atoms with Crippen molar-refractivity contribution in [3.05, 3.63) is 59.0 Å². The molecular formula is C17H19NO2. The number of furan rings is 1. The maximum absolute atomic E-state index is 12.1. The summed E-state index contributed by atoms with van der Waals surface area (Å²) in [6.45, 7) is 4.76. The van der Waals surface area contributed by atoms with Gasteiger partial charge in [-0.1, -0.05) is 23.8 Å². The lowest BCUT2D eigenvalue weighted by Crippen LogP contribution is -2.25. The van der Waals surface area contributed by atoms with E-state index in [4.69, 9.17) is 4.42 Å². The minimum absolute atomic E-state index is 0.0758. The van der Waals surface area contributed by atoms with Gasteiger partial charge in [0.25, 0.3) is 0 Å². The second-order valence-corrected chi connectivity index (χ2v) is 5.61. The average Bonchev–Trinajstić information content (AvgIpc) is 3.04. The fourth-order valence-electron chi connectivity index (χ4n) is 2.66. The molecule has 0 bridgehead atoms. The van der Waals surface area contributed by atoms with E-state index in [2.05, 4.69) is 37.4 Å². The molecule has 1 aliphatic rings. The topological polar surface area (TPSA) is 42.2 Å². The second-order valence-electron chi connectivity index (χ2n) is 5.61. The number of amides is 1. The summed E-state index contributed by atoms with van der Waals surface area (Å²) >= 11 is 0. The maximum Gasteiger partial charge on any atom is 0.224 e. The van der Waals surface area contributed by atoms with Crippen molar-refractivity contribution in [1.82, 2.24) is 5.32 Å². The van der Waals surface area contributed by atoms with Crippen molar-refractivity contribution < 1.29 is 9.21 Å². The Labute approximate surface area is 119 Å². The van der Waals surface area contributed by atoms with Gasteiger partial charge in [-0.3, -0.25) is 4.79 Å². The zero-order valence-corrected chi connectivity index (χ0v) is 11.8. The summed E-state index contributed by atoms with van der Waals surface area (Å²) < 4.78 is 5.35. The van der Waals surface area contributed by atoms with Gasteiger partial charge >= 0.3 is 0 Å². The highest BCUT2D eigenvalue weighted by Crippen LogP contribution is 2.47. The Hall–Kier alpha value is -2.03. The average molecular weight is 269 g/mol. The fourth-order valence-corrected chi connectivity index (χ4v) is 2.66. The molecule has 3 rings (SSSR count). The molecule has 1 aromatic heterocycles. The first-order chi connectivity index (χ1) is 9.65. The van der Waals surface area contributed by atoms with E-state index >= 15 is 0 Å². The summed E-state index contributed by atoms with van der Waals surface area (Å²) in [6, 6.07) is 10.1. The third-order valence-electron chi connectivity index (χ3n) is 3.99. The molecule has 1 aliphatic carbocycles. The molecular weight excluding hydrogens is 250 g/mol. The molecule has 1 amide bonds. The molecule has 2 unspecified atom stereocenters. The van der Waals surface area contributed by atoms with Gasteiger partial charge in [-0.2, -0.15) is 0 Å². The van der Waals surface area contributed by atoms with E-state index in [0.29, 0.717) is 6.54 Å². The molecule has 0 saturated heterocycles. The van der Waals surface area contributed by atoms with Crippen LogP contribution >= 0.6 is 0 Å². The Morgan fingerprint density at radius 1 is 1.35 bits per heavy atom. The number of carbonyl (C=O) groups is 1. The predicted molar refractivity (Wildman–Crippen MR) is 77.3 cm³/mol. The van der Waals surface area contributed by atoms with E-state index < -0.39 is 0 Å². The molecule has 20 heavy (non-hydrogen) atoms. The molecule has 0 aliphatic heterocycles. The van der Waals surface area contributed by atoms with Crippen molar-refractivity contribution in [2.75, 3.05) is 0 Å². The summed E-state index contributed by atoms with van der Waals surface area (Å²) in [5, 5.41) is 3.03. The van der Waals surface area contributed by atoms with Crippen molar-refractivity contribution in [2.45, 2.75) is 32.7 Å². The van der Waals surface area contributed by atoms with Crippen LogP contribution in [0.3, 0.4) is 0 Å². The first-order valence-electron chi connectivity index (χ1n) is 7.02. The zero-order valence-electron chi connectivity index (χ0n) is 11.8. The minimum atomic E-state index is 0.0758. The first kappa shape index (κ1) is 13.0. The Bertz CT molecular complexity index is 616. The largest absolute Gasteiger partial charge is 0.469 e. The van der Waals surface area contributed by atoms with Crippen molar-refractivity contribution >= 4 is 5.91 Å². The quantitative estimate of drug-likeness (QED) is 0.925. The number of hydrogen-bond donors (Lipinski definition) is 1. The highest BCUT2D eigenvalue weighted by molar-refractivity contribution is 5.82. The molecule has 2 aromatic rings. The van der Waals surface area contributed by atoms with Gasteiger partial charge in [-0.05, 0) is 43.5 Å². The van der Waals surface area contributed by atoms with Crippen molar-refractivity contribution in [3.63, 3.8) is 0 Å². The van der Waals surface area contributed by atoms with Gasteiger partial charge in [-0.25, -0.2) is 0 Å². The molecule has 1 aromatic carbocycles. The van der Waals surface area contributed by atoms with E-state index in [0.717, 1.165) is 12.2 Å². The second kappa shape index (κ2) is 5.16. The molecule has 1 saturated carbocycles. The highest BCUT2D eigenvalue weighted by atomic mass is 16.3. The lowest BCUT2D eigenvalue weighted by molar-refractivity contribution is -0.122. The van der Waals surface area contributed by atoms with Gasteiger partial charge in [0.1, 0.15) is 5.76 Å². The Kier molecular flexibility index (Phi) is 3.35. The van der Waals surface area contributed by atoms with Gasteiger partial charge in [-0.15, -0.1) is 0 Å². The summed E-state index contributed by atoms with van der Waals surface area (Å²) in [4.78, 5) is 12.1. The van der Waals surface area contributed by atoms with Gasteiger partial charge in [0.05, 0.1) is 6.26 Å². The Balaban J connectivity index is 1.56. The first-order valence-corrected chi connectivity index (χ1v) is 7.02. The summed E-state index contributed by atoms with van der Waals surface area (Å²) in [7, 11) is 0. The van der Waals surface area contributed by atoms with Crippen LogP contribution in [-0.2, 0) is 11.3 Å². The standard InChI is InChI=1S/C17H19NO2/c1-11-5-6-13(12(2)8-11)10-18-17(19)15-9-14(15)16-4-3-7-20-16/h3-8,14-15H,9-10H2,1-2H3,(H,18,19). The predicted octanol–water partition coefficient (Wildman–Crippen LogP) is 3.32. The monoisotopic (exact) mass is 269 g/mol. The minimum Gasteiger partial charge on any atom is -0.469 e. The van der Waals surface area contributed by atoms with E-state index in [9.17, 15) is 4.79 Å². The molecule has 1 heterocycles. The molecule has 1 fully saturated rings. The number of carbonyl (C=O) groups excluding carboxylic acids is 1. The Morgan fingerprint density at radius 3 is 2.90 bits per heavy atom. The van der Waals surface area contributed by atoms with Crippen LogP contribution in [0.25, 0.3) is 0 Å². The molecule has 104 valence electrons. The molecule has 3 heteroatoms. The van der Waals surface area contributed by atoms with Crippen LogP contribution in [0.2, 0.25) is 0 Å². The highest BCUT2D eigenvalue weighted by Gasteiger charge is 2.45. The van der Waals surface area contributed by atoms with Crippen LogP contribution in [0.4, 0.5) is 0 Å². The maximum atomic E-state index is 12.1. The normalized spacial score (nSPS) is 20.7. The van der Waals surface area contributed by atoms with E-state index in [1.54, 1.807) is 6.26 Å². The zero-order chi connectivity index (χ0) is 14.1. The van der Waals surface area contributed by atoms with Crippen LogP contribution in [-0.4, -0.2) is 5.91 Å². The van der Waals surface area contributed by atoms with Crippen molar-refractivity contribution in [3.8, 4) is 0 Å². The van der Waals surface area contributed by atoms with Crippen molar-refractivity contribution in [1.29, 1.82) is 0 Å². The molecule has 1 N–H and O–H groups in total. The third-order valence-corrected chi connectivity index (χ3v) is 3.99. The lowest BCUT2D eigenvalue weighted by Gasteiger charge is -2.08. The summed E-state index contributed by atoms with van der Waals surface area (Å²) in [5.74, 6) is 1.40. The number of nitrogens with one attached hydrogen (secondary N) is 1. The molecule has 2 atom stereocenters. The van der Waals surface area contributed by atoms with Crippen molar-refractivity contribution in [2.24, 2.45) is 5.92 Å². The van der Waals surface area contributed by atoms with Crippen LogP contribution in [0, 0.1) is 19.8 Å². The molecule has 0 radical (unpaired) electrons. The van der Waals surface area contributed by atoms with E-state index in [1.165, 1.54) is 16.7 Å². The van der Waals surface area contributed by atoms with Crippen LogP contribution < -0.4 is 5.32 Å². The fraction of sp³-hybridized carbons (Fsp3) is 0.353. The summed E-state index contributed by atoms with van der Waals surface area (Å²) in [6.07, 6.45) is 2.56. The Morgan fingerprint density at radius 2 is 2.20 bits per heavy atom. The van der Waals surface area contributed by atoms with Gasteiger partial charge < -0.3 is 9.73 Å². The number of benzene rings is 1. The van der Waals surface area contributed by atoms with Crippen LogP contribution in [0.1, 0.15) is 34.8 Å². The van der Waals surface area contributed by atoms with E-state index in [-0.39, 0.29) is 17.7 Å². The van der Waals surface area contributed by atoms with Crippen LogP contribution in [0.5, 0.6) is 0 Å². The lowest BCUT2D eigenvalue weighted by atomic mass is 10.1. The number of hydrogen-bond acceptors (Lipinski definition) is 2. The number of aryl methyl sites for hydroxylation is 2. The SMILES string of the molecule is Cc1ccc(CNC(=O)C2CC2c2ccco2)c(C)c1. The third kappa shape index (κ3) is 2.62. The molecule has 3 nitrogen and oxygen atoms in total. The molecule has 0 spiro atoms. The van der Waals surface area contributed by atoms with Gasteiger partial charge in [0.2, 0.25) is 5.91 Å². The van der Waals surface area contributed by atoms with Gasteiger partial charge in [0, 0.05) is 18.4 Å². The van der Waals surface area contributed by atoms with Gasteiger partial charge in [0.15, 0.2) is 0 Å².